The quantitative estimate of drug-likeness (QED) is 0.597. The molecule has 0 spiro atoms. The van der Waals surface area contributed by atoms with Gasteiger partial charge in [-0.1, -0.05) is 29.3 Å². The summed E-state index contributed by atoms with van der Waals surface area (Å²) in [6.45, 7) is 4.22. The lowest BCUT2D eigenvalue weighted by molar-refractivity contribution is 0.450. The maximum atomic E-state index is 5.07. The summed E-state index contributed by atoms with van der Waals surface area (Å²) in [5, 5.41) is 1.28. The molecule has 0 heterocycles. The molecule has 1 aromatic carbocycles. The van der Waals surface area contributed by atoms with Gasteiger partial charge >= 0.3 is 0 Å². The van der Waals surface area contributed by atoms with Gasteiger partial charge in [-0.2, -0.15) is 0 Å². The van der Waals surface area contributed by atoms with Gasteiger partial charge in [-0.15, -0.1) is 0 Å². The van der Waals surface area contributed by atoms with Crippen LogP contribution in [0.25, 0.3) is 0 Å². The Labute approximate surface area is 70.3 Å². The Kier molecular flexibility index (Phi) is 2.85. The van der Waals surface area contributed by atoms with E-state index < -0.39 is 0 Å². The van der Waals surface area contributed by atoms with Gasteiger partial charge in [0.05, 0.1) is 0 Å². The van der Waals surface area contributed by atoms with E-state index in [2.05, 4.69) is 32.0 Å². The molecule has 0 aliphatic rings. The van der Waals surface area contributed by atoms with Gasteiger partial charge in [0.25, 0.3) is 9.76 Å². The summed E-state index contributed by atoms with van der Waals surface area (Å²) in [5.41, 5.74) is 2.62. The third-order valence-electron chi connectivity index (χ3n) is 1.44. The predicted octanol–water partition coefficient (Wildman–Crippen LogP) is 1.19. The molecule has 1 rings (SSSR count). The SMILES string of the molecule is CO[Si]c1cc(C)cc(C)c1. The summed E-state index contributed by atoms with van der Waals surface area (Å²) >= 11 is 0. The minimum atomic E-state index is 0.480. The molecule has 0 saturated heterocycles. The first-order valence-corrected chi connectivity index (χ1v) is 4.50. The van der Waals surface area contributed by atoms with Gasteiger partial charge in [0.15, 0.2) is 0 Å². The smallest absolute Gasteiger partial charge is 0.268 e. The molecular formula is C9H12OSi. The summed E-state index contributed by atoms with van der Waals surface area (Å²) in [7, 11) is 2.21. The van der Waals surface area contributed by atoms with Crippen LogP contribution in [-0.4, -0.2) is 16.9 Å². The molecule has 0 amide bonds. The number of hydrogen-bond donors (Lipinski definition) is 0. The summed E-state index contributed by atoms with van der Waals surface area (Å²) < 4.78 is 5.07. The molecule has 2 radical (unpaired) electrons. The van der Waals surface area contributed by atoms with Crippen LogP contribution in [-0.2, 0) is 4.43 Å². The zero-order chi connectivity index (χ0) is 8.27. The van der Waals surface area contributed by atoms with Gasteiger partial charge in [0.1, 0.15) is 0 Å². The molecule has 0 aromatic heterocycles. The van der Waals surface area contributed by atoms with Gasteiger partial charge in [-0.05, 0) is 19.0 Å². The van der Waals surface area contributed by atoms with Crippen LogP contribution in [0.2, 0.25) is 0 Å². The van der Waals surface area contributed by atoms with Gasteiger partial charge < -0.3 is 4.43 Å². The van der Waals surface area contributed by atoms with Crippen LogP contribution in [0.3, 0.4) is 0 Å². The lowest BCUT2D eigenvalue weighted by Crippen LogP contribution is -2.16. The summed E-state index contributed by atoms with van der Waals surface area (Å²) in [6, 6.07) is 6.49. The summed E-state index contributed by atoms with van der Waals surface area (Å²) in [6.07, 6.45) is 0. The summed E-state index contributed by atoms with van der Waals surface area (Å²) in [5.74, 6) is 0. The first kappa shape index (κ1) is 8.49. The third kappa shape index (κ3) is 2.48. The Morgan fingerprint density at radius 1 is 1.09 bits per heavy atom. The Hall–Kier alpha value is -0.603. The Balaban J connectivity index is 2.89. The lowest BCUT2D eigenvalue weighted by Gasteiger charge is -2.00. The van der Waals surface area contributed by atoms with Crippen molar-refractivity contribution in [2.75, 3.05) is 7.11 Å². The number of hydrogen-bond acceptors (Lipinski definition) is 1. The normalized spacial score (nSPS) is 10.1. The Bertz CT molecular complexity index is 225. The van der Waals surface area contributed by atoms with Crippen molar-refractivity contribution in [2.45, 2.75) is 13.8 Å². The van der Waals surface area contributed by atoms with Gasteiger partial charge in [-0.25, -0.2) is 0 Å². The van der Waals surface area contributed by atoms with Crippen LogP contribution >= 0.6 is 0 Å². The van der Waals surface area contributed by atoms with Crippen molar-refractivity contribution in [3.8, 4) is 0 Å². The molecule has 0 saturated carbocycles. The average molecular weight is 164 g/mol. The van der Waals surface area contributed by atoms with Crippen molar-refractivity contribution in [3.63, 3.8) is 0 Å². The fourth-order valence-electron chi connectivity index (χ4n) is 1.15. The van der Waals surface area contributed by atoms with Gasteiger partial charge in [-0.3, -0.25) is 0 Å². The Morgan fingerprint density at radius 2 is 1.64 bits per heavy atom. The largest absolute Gasteiger partial charge is 0.415 e. The molecular weight excluding hydrogens is 152 g/mol. The van der Waals surface area contributed by atoms with E-state index in [1.165, 1.54) is 16.3 Å². The standard InChI is InChI=1S/C9H12OSi/c1-7-4-8(2)6-9(5-7)11-10-3/h4-6H,1-3H3. The molecule has 0 fully saturated rings. The van der Waals surface area contributed by atoms with Crippen LogP contribution in [0.4, 0.5) is 0 Å². The fraction of sp³-hybridized carbons (Fsp3) is 0.333. The molecule has 0 N–H and O–H groups in total. The van der Waals surface area contributed by atoms with Crippen LogP contribution < -0.4 is 5.19 Å². The molecule has 1 aromatic rings. The van der Waals surface area contributed by atoms with Crippen LogP contribution in [0.1, 0.15) is 11.1 Å². The second-order valence-electron chi connectivity index (χ2n) is 2.68. The predicted molar refractivity (Wildman–Crippen MR) is 48.3 cm³/mol. The number of rotatable bonds is 2. The van der Waals surface area contributed by atoms with E-state index in [9.17, 15) is 0 Å². The molecule has 2 heteroatoms. The van der Waals surface area contributed by atoms with E-state index in [4.69, 9.17) is 4.43 Å². The summed E-state index contributed by atoms with van der Waals surface area (Å²) in [4.78, 5) is 0. The second kappa shape index (κ2) is 3.69. The zero-order valence-electron chi connectivity index (χ0n) is 7.14. The highest BCUT2D eigenvalue weighted by Gasteiger charge is 1.96. The second-order valence-corrected chi connectivity index (χ2v) is 3.87. The van der Waals surface area contributed by atoms with Crippen molar-refractivity contribution in [3.05, 3.63) is 29.3 Å². The molecule has 0 atom stereocenters. The molecule has 58 valence electrons. The Morgan fingerprint density at radius 3 is 2.09 bits per heavy atom. The number of benzene rings is 1. The highest BCUT2D eigenvalue weighted by Crippen LogP contribution is 1.99. The topological polar surface area (TPSA) is 9.23 Å². The average Bonchev–Trinajstić information content (AvgIpc) is 1.85. The van der Waals surface area contributed by atoms with Gasteiger partial charge in [0, 0.05) is 7.11 Å². The highest BCUT2D eigenvalue weighted by atomic mass is 28.2. The molecule has 0 aliphatic heterocycles. The first-order valence-electron chi connectivity index (χ1n) is 3.59. The molecule has 0 unspecified atom stereocenters. The minimum absolute atomic E-state index is 0.480. The lowest BCUT2D eigenvalue weighted by atomic mass is 10.2. The highest BCUT2D eigenvalue weighted by molar-refractivity contribution is 6.46. The van der Waals surface area contributed by atoms with Crippen molar-refractivity contribution < 1.29 is 4.43 Å². The van der Waals surface area contributed by atoms with E-state index in [1.807, 2.05) is 0 Å². The minimum Gasteiger partial charge on any atom is -0.415 e. The zero-order valence-corrected chi connectivity index (χ0v) is 8.14. The monoisotopic (exact) mass is 164 g/mol. The number of aryl methyl sites for hydroxylation is 2. The maximum absolute atomic E-state index is 5.07. The third-order valence-corrected chi connectivity index (χ3v) is 2.17. The van der Waals surface area contributed by atoms with Crippen LogP contribution in [0.15, 0.2) is 18.2 Å². The van der Waals surface area contributed by atoms with E-state index in [0.717, 1.165) is 0 Å². The van der Waals surface area contributed by atoms with E-state index in [1.54, 1.807) is 7.11 Å². The van der Waals surface area contributed by atoms with E-state index >= 15 is 0 Å². The van der Waals surface area contributed by atoms with Crippen molar-refractivity contribution >= 4 is 14.9 Å². The molecule has 0 bridgehead atoms. The van der Waals surface area contributed by atoms with E-state index in [0.29, 0.717) is 9.76 Å². The molecule has 1 nitrogen and oxygen atoms in total. The maximum Gasteiger partial charge on any atom is 0.268 e. The first-order chi connectivity index (χ1) is 5.22. The van der Waals surface area contributed by atoms with Crippen molar-refractivity contribution in [1.82, 2.24) is 0 Å². The van der Waals surface area contributed by atoms with Crippen molar-refractivity contribution in [1.29, 1.82) is 0 Å². The molecule has 0 aliphatic carbocycles. The molecule has 11 heavy (non-hydrogen) atoms. The van der Waals surface area contributed by atoms with E-state index in [-0.39, 0.29) is 0 Å². The van der Waals surface area contributed by atoms with Crippen molar-refractivity contribution in [2.24, 2.45) is 0 Å². The van der Waals surface area contributed by atoms with Crippen LogP contribution in [0, 0.1) is 13.8 Å². The fourth-order valence-corrected chi connectivity index (χ4v) is 1.96. The van der Waals surface area contributed by atoms with Crippen LogP contribution in [0.5, 0.6) is 0 Å². The van der Waals surface area contributed by atoms with Gasteiger partial charge in [0.2, 0.25) is 0 Å².